The molecule has 0 fully saturated rings. The van der Waals surface area contributed by atoms with Crippen LogP contribution in [0.1, 0.15) is 11.1 Å². The van der Waals surface area contributed by atoms with Crippen LogP contribution in [0.15, 0.2) is 42.5 Å². The van der Waals surface area contributed by atoms with Gasteiger partial charge in [0, 0.05) is 6.54 Å². The van der Waals surface area contributed by atoms with Crippen LogP contribution in [0.3, 0.4) is 0 Å². The summed E-state index contributed by atoms with van der Waals surface area (Å²) in [6, 6.07) is 13.3. The molecule has 0 unspecified atom stereocenters. The van der Waals surface area contributed by atoms with Gasteiger partial charge in [0.15, 0.2) is 0 Å². The Morgan fingerprint density at radius 2 is 1.91 bits per heavy atom. The van der Waals surface area contributed by atoms with Crippen molar-refractivity contribution in [2.75, 3.05) is 19.0 Å². The first-order chi connectivity index (χ1) is 10.6. The van der Waals surface area contributed by atoms with Crippen molar-refractivity contribution in [1.29, 1.82) is 0 Å². The maximum absolute atomic E-state index is 11.8. The van der Waals surface area contributed by atoms with Gasteiger partial charge in [-0.15, -0.1) is 0 Å². The molecule has 5 heteroatoms. The highest BCUT2D eigenvalue weighted by atomic mass is 35.5. The van der Waals surface area contributed by atoms with E-state index in [1.165, 1.54) is 0 Å². The Bertz CT molecular complexity index is 642. The molecule has 0 heterocycles. The summed E-state index contributed by atoms with van der Waals surface area (Å²) in [5, 5.41) is 6.50. The van der Waals surface area contributed by atoms with Crippen molar-refractivity contribution in [3.05, 3.63) is 58.6 Å². The van der Waals surface area contributed by atoms with Crippen LogP contribution >= 0.6 is 11.6 Å². The lowest BCUT2D eigenvalue weighted by molar-refractivity contribution is -0.119. The van der Waals surface area contributed by atoms with Crippen LogP contribution in [-0.4, -0.2) is 19.6 Å². The Labute approximate surface area is 135 Å². The molecule has 2 rings (SSSR count). The monoisotopic (exact) mass is 318 g/mol. The average Bonchev–Trinajstić information content (AvgIpc) is 2.52. The summed E-state index contributed by atoms with van der Waals surface area (Å²) in [5.41, 5.74) is 2.86. The van der Waals surface area contributed by atoms with Crippen molar-refractivity contribution in [2.45, 2.75) is 13.5 Å². The summed E-state index contributed by atoms with van der Waals surface area (Å²) in [5.74, 6) is 0.707. The SMILES string of the molecule is COc1ccc(CNC(=O)CNc2ccc(C)cc2Cl)cc1. The largest absolute Gasteiger partial charge is 0.497 e. The van der Waals surface area contributed by atoms with Crippen LogP contribution < -0.4 is 15.4 Å². The van der Waals surface area contributed by atoms with E-state index in [4.69, 9.17) is 16.3 Å². The highest BCUT2D eigenvalue weighted by Gasteiger charge is 2.04. The zero-order valence-corrected chi connectivity index (χ0v) is 13.4. The number of methoxy groups -OCH3 is 1. The van der Waals surface area contributed by atoms with Gasteiger partial charge in [0.1, 0.15) is 5.75 Å². The van der Waals surface area contributed by atoms with Gasteiger partial charge in [-0.1, -0.05) is 29.8 Å². The van der Waals surface area contributed by atoms with Gasteiger partial charge >= 0.3 is 0 Å². The Morgan fingerprint density at radius 1 is 1.18 bits per heavy atom. The van der Waals surface area contributed by atoms with Crippen LogP contribution in [0, 0.1) is 6.92 Å². The molecule has 4 nitrogen and oxygen atoms in total. The lowest BCUT2D eigenvalue weighted by Crippen LogP contribution is -2.29. The fraction of sp³-hybridized carbons (Fsp3) is 0.235. The van der Waals surface area contributed by atoms with E-state index < -0.39 is 0 Å². The van der Waals surface area contributed by atoms with E-state index in [1.807, 2.05) is 49.4 Å². The van der Waals surface area contributed by atoms with E-state index in [9.17, 15) is 4.79 Å². The van der Waals surface area contributed by atoms with Crippen molar-refractivity contribution in [1.82, 2.24) is 5.32 Å². The summed E-state index contributed by atoms with van der Waals surface area (Å²) in [6.45, 7) is 2.63. The highest BCUT2D eigenvalue weighted by Crippen LogP contribution is 2.22. The second kappa shape index (κ2) is 7.71. The van der Waals surface area contributed by atoms with Crippen molar-refractivity contribution < 1.29 is 9.53 Å². The third-order valence-corrected chi connectivity index (χ3v) is 3.53. The van der Waals surface area contributed by atoms with E-state index in [1.54, 1.807) is 7.11 Å². The van der Waals surface area contributed by atoms with Gasteiger partial charge in [0.05, 0.1) is 24.4 Å². The summed E-state index contributed by atoms with van der Waals surface area (Å²) >= 11 is 6.11. The molecule has 22 heavy (non-hydrogen) atoms. The molecule has 0 aliphatic rings. The minimum Gasteiger partial charge on any atom is -0.497 e. The van der Waals surface area contributed by atoms with Gasteiger partial charge in [-0.25, -0.2) is 0 Å². The fourth-order valence-corrected chi connectivity index (χ4v) is 2.25. The Balaban J connectivity index is 1.80. The predicted molar refractivity (Wildman–Crippen MR) is 89.5 cm³/mol. The number of halogens is 1. The van der Waals surface area contributed by atoms with Crippen LogP contribution in [-0.2, 0) is 11.3 Å². The molecule has 0 atom stereocenters. The molecule has 2 N–H and O–H groups in total. The van der Waals surface area contributed by atoms with Crippen molar-refractivity contribution in [3.63, 3.8) is 0 Å². The number of hydrogen-bond acceptors (Lipinski definition) is 3. The third-order valence-electron chi connectivity index (χ3n) is 3.21. The quantitative estimate of drug-likeness (QED) is 0.858. The first kappa shape index (κ1) is 16.2. The number of rotatable bonds is 6. The van der Waals surface area contributed by atoms with E-state index in [0.717, 1.165) is 22.6 Å². The highest BCUT2D eigenvalue weighted by molar-refractivity contribution is 6.33. The maximum atomic E-state index is 11.8. The van der Waals surface area contributed by atoms with E-state index in [0.29, 0.717) is 11.6 Å². The zero-order chi connectivity index (χ0) is 15.9. The minimum absolute atomic E-state index is 0.0903. The number of nitrogens with one attached hydrogen (secondary N) is 2. The summed E-state index contributed by atoms with van der Waals surface area (Å²) < 4.78 is 5.09. The van der Waals surface area contributed by atoms with Crippen molar-refractivity contribution >= 4 is 23.2 Å². The van der Waals surface area contributed by atoms with Crippen molar-refractivity contribution in [3.8, 4) is 5.75 Å². The lowest BCUT2D eigenvalue weighted by atomic mass is 10.2. The van der Waals surface area contributed by atoms with Crippen molar-refractivity contribution in [2.24, 2.45) is 0 Å². The third kappa shape index (κ3) is 4.67. The molecule has 116 valence electrons. The number of benzene rings is 2. The second-order valence-electron chi connectivity index (χ2n) is 4.96. The van der Waals surface area contributed by atoms with Crippen LogP contribution in [0.25, 0.3) is 0 Å². The molecule has 1 amide bonds. The molecule has 0 radical (unpaired) electrons. The molecule has 0 spiro atoms. The minimum atomic E-state index is -0.0903. The van der Waals surface area contributed by atoms with E-state index >= 15 is 0 Å². The molecule has 0 bridgehead atoms. The first-order valence-corrected chi connectivity index (χ1v) is 7.36. The number of amides is 1. The number of anilines is 1. The number of carbonyl (C=O) groups is 1. The molecule has 2 aromatic rings. The zero-order valence-electron chi connectivity index (χ0n) is 12.7. The van der Waals surface area contributed by atoms with Gasteiger partial charge in [-0.3, -0.25) is 4.79 Å². The van der Waals surface area contributed by atoms with Gasteiger partial charge in [0.25, 0.3) is 0 Å². The average molecular weight is 319 g/mol. The van der Waals surface area contributed by atoms with E-state index in [2.05, 4.69) is 10.6 Å². The fourth-order valence-electron chi connectivity index (χ4n) is 1.95. The molecular weight excluding hydrogens is 300 g/mol. The van der Waals surface area contributed by atoms with Crippen LogP contribution in [0.4, 0.5) is 5.69 Å². The second-order valence-corrected chi connectivity index (χ2v) is 5.37. The standard InChI is InChI=1S/C17H19ClN2O2/c1-12-3-8-16(15(18)9-12)19-11-17(21)20-10-13-4-6-14(22-2)7-5-13/h3-9,19H,10-11H2,1-2H3,(H,20,21). The molecule has 0 saturated carbocycles. The topological polar surface area (TPSA) is 50.4 Å². The summed E-state index contributed by atoms with van der Waals surface area (Å²) in [4.78, 5) is 11.8. The normalized spacial score (nSPS) is 10.1. The molecule has 0 aliphatic heterocycles. The number of hydrogen-bond donors (Lipinski definition) is 2. The van der Waals surface area contributed by atoms with Gasteiger partial charge in [-0.2, -0.15) is 0 Å². The maximum Gasteiger partial charge on any atom is 0.239 e. The number of aryl methyl sites for hydroxylation is 1. The summed E-state index contributed by atoms with van der Waals surface area (Å²) in [7, 11) is 1.62. The number of carbonyl (C=O) groups excluding carboxylic acids is 1. The Morgan fingerprint density at radius 3 is 2.55 bits per heavy atom. The van der Waals surface area contributed by atoms with Crippen LogP contribution in [0.2, 0.25) is 5.02 Å². The van der Waals surface area contributed by atoms with Crippen LogP contribution in [0.5, 0.6) is 5.75 Å². The molecule has 0 aromatic heterocycles. The van der Waals surface area contributed by atoms with Gasteiger partial charge < -0.3 is 15.4 Å². The molecule has 2 aromatic carbocycles. The molecule has 0 saturated heterocycles. The van der Waals surface area contributed by atoms with Gasteiger partial charge in [0.2, 0.25) is 5.91 Å². The Kier molecular flexibility index (Phi) is 5.67. The predicted octanol–water partition coefficient (Wildman–Crippen LogP) is 3.39. The lowest BCUT2D eigenvalue weighted by Gasteiger charge is -2.10. The molecular formula is C17H19ClN2O2. The molecule has 0 aliphatic carbocycles. The number of ether oxygens (including phenoxy) is 1. The van der Waals surface area contributed by atoms with E-state index in [-0.39, 0.29) is 12.5 Å². The first-order valence-electron chi connectivity index (χ1n) is 6.98. The summed E-state index contributed by atoms with van der Waals surface area (Å²) in [6.07, 6.45) is 0. The smallest absolute Gasteiger partial charge is 0.239 e. The van der Waals surface area contributed by atoms with Gasteiger partial charge in [-0.05, 0) is 42.3 Å². The Hall–Kier alpha value is -2.20.